The Morgan fingerprint density at radius 3 is 2.13 bits per heavy atom. The standard InChI is InChI=1S/C22H23BrN2O4S/c1-6-22(2)24-18(13-7-9-15(23)10-8-13)21(30)25(22)20(26)14-11-16(27-3)19(29-5)17(12-14)28-4/h7-12H,6H2,1-5H3/t22-/m0/s1. The zero-order chi connectivity index (χ0) is 22.1. The van der Waals surface area contributed by atoms with Crippen molar-refractivity contribution in [3.63, 3.8) is 0 Å². The summed E-state index contributed by atoms with van der Waals surface area (Å²) in [6, 6.07) is 11.0. The molecule has 0 radical (unpaired) electrons. The number of carbonyl (C=O) groups excluding carboxylic acids is 1. The van der Waals surface area contributed by atoms with Crippen molar-refractivity contribution in [3.8, 4) is 17.2 Å². The molecule has 0 spiro atoms. The quantitative estimate of drug-likeness (QED) is 0.540. The molecule has 1 amide bonds. The zero-order valence-corrected chi connectivity index (χ0v) is 19.9. The van der Waals surface area contributed by atoms with Crippen molar-refractivity contribution in [1.29, 1.82) is 0 Å². The number of halogens is 1. The van der Waals surface area contributed by atoms with Gasteiger partial charge in [0.1, 0.15) is 16.4 Å². The van der Waals surface area contributed by atoms with E-state index in [1.165, 1.54) is 21.3 Å². The summed E-state index contributed by atoms with van der Waals surface area (Å²) in [5, 5.41) is 0. The van der Waals surface area contributed by atoms with Crippen LogP contribution in [0.25, 0.3) is 0 Å². The number of thiocarbonyl (C=S) groups is 1. The van der Waals surface area contributed by atoms with Crippen LogP contribution in [0.2, 0.25) is 0 Å². The molecule has 0 saturated carbocycles. The van der Waals surface area contributed by atoms with E-state index in [0.29, 0.717) is 39.9 Å². The number of amides is 1. The number of rotatable bonds is 6. The lowest BCUT2D eigenvalue weighted by Gasteiger charge is -2.32. The van der Waals surface area contributed by atoms with Crippen LogP contribution in [0.3, 0.4) is 0 Å². The smallest absolute Gasteiger partial charge is 0.261 e. The van der Waals surface area contributed by atoms with Crippen LogP contribution in [0.4, 0.5) is 0 Å². The lowest BCUT2D eigenvalue weighted by molar-refractivity contribution is 0.0733. The molecule has 0 saturated heterocycles. The van der Waals surface area contributed by atoms with E-state index in [4.69, 9.17) is 31.4 Å². The van der Waals surface area contributed by atoms with Gasteiger partial charge in [0.2, 0.25) is 5.75 Å². The summed E-state index contributed by atoms with van der Waals surface area (Å²) in [5.74, 6) is 0.945. The van der Waals surface area contributed by atoms with Gasteiger partial charge in [0.15, 0.2) is 11.5 Å². The first-order valence-electron chi connectivity index (χ1n) is 9.34. The number of aliphatic imine (C=N–C) groups is 1. The minimum absolute atomic E-state index is 0.278. The largest absolute Gasteiger partial charge is 0.493 e. The maximum atomic E-state index is 13.6. The molecule has 0 aromatic heterocycles. The highest BCUT2D eigenvalue weighted by molar-refractivity contribution is 9.10. The van der Waals surface area contributed by atoms with Crippen LogP contribution in [0.5, 0.6) is 17.2 Å². The average Bonchev–Trinajstić information content (AvgIpc) is 3.03. The summed E-state index contributed by atoms with van der Waals surface area (Å²) in [7, 11) is 4.54. The van der Waals surface area contributed by atoms with Crippen molar-refractivity contribution >= 4 is 44.8 Å². The molecule has 158 valence electrons. The predicted octanol–water partition coefficient (Wildman–Crippen LogP) is 4.87. The van der Waals surface area contributed by atoms with Crippen molar-refractivity contribution < 1.29 is 19.0 Å². The molecular formula is C22H23BrN2O4S. The number of nitrogens with zero attached hydrogens (tertiary/aromatic N) is 2. The number of carbonyl (C=O) groups is 1. The van der Waals surface area contributed by atoms with Gasteiger partial charge in [0, 0.05) is 15.6 Å². The Bertz CT molecular complexity index is 997. The molecule has 8 heteroatoms. The van der Waals surface area contributed by atoms with Gasteiger partial charge in [-0.05, 0) is 37.6 Å². The Labute approximate surface area is 190 Å². The van der Waals surface area contributed by atoms with E-state index in [0.717, 1.165) is 10.0 Å². The van der Waals surface area contributed by atoms with Crippen LogP contribution >= 0.6 is 28.1 Å². The lowest BCUT2D eigenvalue weighted by Crippen LogP contribution is -2.47. The average molecular weight is 491 g/mol. The molecule has 1 aliphatic rings. The number of benzene rings is 2. The summed E-state index contributed by atoms with van der Waals surface area (Å²) in [5.41, 5.74) is 1.07. The normalized spacial score (nSPS) is 18.3. The molecule has 2 aromatic rings. The van der Waals surface area contributed by atoms with Gasteiger partial charge in [-0.2, -0.15) is 0 Å². The molecule has 6 nitrogen and oxygen atoms in total. The first kappa shape index (κ1) is 22.2. The van der Waals surface area contributed by atoms with Crippen molar-refractivity contribution in [2.24, 2.45) is 4.99 Å². The highest BCUT2D eigenvalue weighted by atomic mass is 79.9. The molecule has 1 heterocycles. The van der Waals surface area contributed by atoms with E-state index in [1.807, 2.05) is 38.1 Å². The van der Waals surface area contributed by atoms with Gasteiger partial charge in [-0.15, -0.1) is 0 Å². The Balaban J connectivity index is 2.06. The van der Waals surface area contributed by atoms with Gasteiger partial charge in [-0.25, -0.2) is 0 Å². The molecule has 0 unspecified atom stereocenters. The maximum Gasteiger partial charge on any atom is 0.261 e. The van der Waals surface area contributed by atoms with Crippen molar-refractivity contribution in [2.45, 2.75) is 25.9 Å². The SMILES string of the molecule is CC[C@@]1(C)N=C(c2ccc(Br)cc2)C(=S)N1C(=O)c1cc(OC)c(OC)c(OC)c1. The summed E-state index contributed by atoms with van der Waals surface area (Å²) in [6.07, 6.45) is 0.601. The van der Waals surface area contributed by atoms with Crippen molar-refractivity contribution in [3.05, 3.63) is 52.0 Å². The minimum atomic E-state index is -0.795. The summed E-state index contributed by atoms with van der Waals surface area (Å²) in [4.78, 5) is 20.4. The zero-order valence-electron chi connectivity index (χ0n) is 17.5. The van der Waals surface area contributed by atoms with Gasteiger partial charge < -0.3 is 14.2 Å². The Hall–Kier alpha value is -2.45. The van der Waals surface area contributed by atoms with Crippen LogP contribution < -0.4 is 14.2 Å². The first-order chi connectivity index (χ1) is 14.3. The Morgan fingerprint density at radius 2 is 1.67 bits per heavy atom. The third-order valence-corrected chi connectivity index (χ3v) is 6.05. The highest BCUT2D eigenvalue weighted by Gasteiger charge is 2.44. The summed E-state index contributed by atoms with van der Waals surface area (Å²) >= 11 is 9.15. The van der Waals surface area contributed by atoms with Crippen LogP contribution in [0.1, 0.15) is 36.2 Å². The Morgan fingerprint density at radius 1 is 1.10 bits per heavy atom. The van der Waals surface area contributed by atoms with Gasteiger partial charge in [0.25, 0.3) is 5.91 Å². The van der Waals surface area contributed by atoms with E-state index >= 15 is 0 Å². The van der Waals surface area contributed by atoms with Gasteiger partial charge in [-0.3, -0.25) is 14.7 Å². The van der Waals surface area contributed by atoms with E-state index in [-0.39, 0.29) is 5.91 Å². The molecule has 3 rings (SSSR count). The van der Waals surface area contributed by atoms with Crippen molar-refractivity contribution in [1.82, 2.24) is 4.90 Å². The van der Waals surface area contributed by atoms with E-state index in [9.17, 15) is 4.79 Å². The lowest BCUT2D eigenvalue weighted by atomic mass is 10.1. The molecule has 0 bridgehead atoms. The third kappa shape index (κ3) is 3.81. The van der Waals surface area contributed by atoms with E-state index in [1.54, 1.807) is 17.0 Å². The molecule has 2 aromatic carbocycles. The van der Waals surface area contributed by atoms with Gasteiger partial charge >= 0.3 is 0 Å². The number of methoxy groups -OCH3 is 3. The minimum Gasteiger partial charge on any atom is -0.493 e. The van der Waals surface area contributed by atoms with E-state index < -0.39 is 5.66 Å². The fourth-order valence-electron chi connectivity index (χ4n) is 3.34. The molecule has 0 N–H and O–H groups in total. The second-order valence-corrected chi connectivity index (χ2v) is 8.20. The second kappa shape index (κ2) is 8.73. The monoisotopic (exact) mass is 490 g/mol. The fraction of sp³-hybridized carbons (Fsp3) is 0.318. The first-order valence-corrected chi connectivity index (χ1v) is 10.5. The predicted molar refractivity (Wildman–Crippen MR) is 124 cm³/mol. The maximum absolute atomic E-state index is 13.6. The number of hydrogen-bond donors (Lipinski definition) is 0. The Kier molecular flexibility index (Phi) is 6.47. The van der Waals surface area contributed by atoms with Crippen LogP contribution in [0.15, 0.2) is 45.9 Å². The van der Waals surface area contributed by atoms with Crippen molar-refractivity contribution in [2.75, 3.05) is 21.3 Å². The molecule has 1 aliphatic heterocycles. The van der Waals surface area contributed by atoms with Crippen LogP contribution in [-0.4, -0.2) is 48.5 Å². The second-order valence-electron chi connectivity index (χ2n) is 6.90. The summed E-state index contributed by atoms with van der Waals surface area (Å²) < 4.78 is 17.1. The fourth-order valence-corrected chi connectivity index (χ4v) is 4.05. The molecule has 0 aliphatic carbocycles. The van der Waals surface area contributed by atoms with Gasteiger partial charge in [-0.1, -0.05) is 47.2 Å². The molecule has 0 fully saturated rings. The third-order valence-electron chi connectivity index (χ3n) is 5.14. The molecule has 1 atom stereocenters. The number of ether oxygens (including phenoxy) is 3. The van der Waals surface area contributed by atoms with Gasteiger partial charge in [0.05, 0.1) is 21.3 Å². The van der Waals surface area contributed by atoms with Crippen LogP contribution in [-0.2, 0) is 0 Å². The summed E-state index contributed by atoms with van der Waals surface area (Å²) in [6.45, 7) is 3.88. The van der Waals surface area contributed by atoms with Crippen LogP contribution in [0, 0.1) is 0 Å². The molecular weight excluding hydrogens is 468 g/mol. The highest BCUT2D eigenvalue weighted by Crippen LogP contribution is 2.40. The molecule has 30 heavy (non-hydrogen) atoms. The number of hydrogen-bond acceptors (Lipinski definition) is 6. The van der Waals surface area contributed by atoms with E-state index in [2.05, 4.69) is 15.9 Å². The topological polar surface area (TPSA) is 60.4 Å².